The van der Waals surface area contributed by atoms with Gasteiger partial charge in [-0.25, -0.2) is 4.68 Å². The SMILES string of the molecule is CCCOc1cc(-n2cc(Br)cn2)ccc1N. The second kappa shape index (κ2) is 5.23. The van der Waals surface area contributed by atoms with Gasteiger partial charge in [-0.2, -0.15) is 5.10 Å². The molecular weight excluding hydrogens is 282 g/mol. The number of nitrogens with two attached hydrogens (primary N) is 1. The second-order valence-corrected chi connectivity index (χ2v) is 4.59. The highest BCUT2D eigenvalue weighted by Crippen LogP contribution is 2.25. The first-order chi connectivity index (χ1) is 8.20. The van der Waals surface area contributed by atoms with E-state index in [9.17, 15) is 0 Å². The van der Waals surface area contributed by atoms with Gasteiger partial charge >= 0.3 is 0 Å². The van der Waals surface area contributed by atoms with E-state index in [2.05, 4.69) is 28.0 Å². The van der Waals surface area contributed by atoms with Gasteiger partial charge in [0.25, 0.3) is 0 Å². The lowest BCUT2D eigenvalue weighted by Crippen LogP contribution is -2.01. The summed E-state index contributed by atoms with van der Waals surface area (Å²) in [5.41, 5.74) is 7.42. The van der Waals surface area contributed by atoms with Crippen LogP contribution in [0.15, 0.2) is 35.1 Å². The van der Waals surface area contributed by atoms with E-state index in [4.69, 9.17) is 10.5 Å². The Morgan fingerprint density at radius 1 is 1.47 bits per heavy atom. The number of benzene rings is 1. The molecule has 0 fully saturated rings. The molecule has 90 valence electrons. The molecule has 1 aromatic carbocycles. The van der Waals surface area contributed by atoms with Gasteiger partial charge in [0.2, 0.25) is 0 Å². The number of halogens is 1. The summed E-state index contributed by atoms with van der Waals surface area (Å²) >= 11 is 3.37. The zero-order valence-electron chi connectivity index (χ0n) is 9.56. The molecule has 0 unspecified atom stereocenters. The Morgan fingerprint density at radius 2 is 2.29 bits per heavy atom. The Labute approximate surface area is 109 Å². The van der Waals surface area contributed by atoms with E-state index < -0.39 is 0 Å². The van der Waals surface area contributed by atoms with Crippen LogP contribution < -0.4 is 10.5 Å². The number of aromatic nitrogens is 2. The summed E-state index contributed by atoms with van der Waals surface area (Å²) in [5.74, 6) is 0.705. The lowest BCUT2D eigenvalue weighted by Gasteiger charge is -2.09. The Morgan fingerprint density at radius 3 is 2.94 bits per heavy atom. The van der Waals surface area contributed by atoms with Gasteiger partial charge in [0.1, 0.15) is 5.75 Å². The van der Waals surface area contributed by atoms with Crippen LogP contribution in [0.1, 0.15) is 13.3 Å². The maximum absolute atomic E-state index is 5.85. The number of ether oxygens (including phenoxy) is 1. The summed E-state index contributed by atoms with van der Waals surface area (Å²) in [6.07, 6.45) is 4.58. The summed E-state index contributed by atoms with van der Waals surface area (Å²) in [6, 6.07) is 5.63. The molecule has 2 rings (SSSR count). The Hall–Kier alpha value is -1.49. The molecule has 0 aliphatic carbocycles. The van der Waals surface area contributed by atoms with E-state index in [1.165, 1.54) is 0 Å². The van der Waals surface area contributed by atoms with Crippen LogP contribution in [0.4, 0.5) is 5.69 Å². The molecule has 1 heterocycles. The van der Waals surface area contributed by atoms with Gasteiger partial charge in [-0.05, 0) is 34.5 Å². The molecule has 2 N–H and O–H groups in total. The molecule has 0 spiro atoms. The molecular formula is C12H14BrN3O. The third-order valence-corrected chi connectivity index (χ3v) is 2.68. The number of hydrogen-bond donors (Lipinski definition) is 1. The fourth-order valence-corrected chi connectivity index (χ4v) is 1.73. The van der Waals surface area contributed by atoms with Crippen molar-refractivity contribution in [1.29, 1.82) is 0 Å². The first kappa shape index (κ1) is 12.0. The van der Waals surface area contributed by atoms with Crippen LogP contribution in [0.5, 0.6) is 5.75 Å². The largest absolute Gasteiger partial charge is 0.491 e. The molecule has 5 heteroatoms. The van der Waals surface area contributed by atoms with Crippen molar-refractivity contribution >= 4 is 21.6 Å². The highest BCUT2D eigenvalue weighted by Gasteiger charge is 2.04. The molecule has 17 heavy (non-hydrogen) atoms. The van der Waals surface area contributed by atoms with Crippen molar-refractivity contribution in [3.05, 3.63) is 35.1 Å². The first-order valence-corrected chi connectivity index (χ1v) is 6.23. The molecule has 0 amide bonds. The van der Waals surface area contributed by atoms with Crippen LogP contribution in [-0.4, -0.2) is 16.4 Å². The van der Waals surface area contributed by atoms with E-state index in [0.29, 0.717) is 18.0 Å². The number of anilines is 1. The van der Waals surface area contributed by atoms with Crippen LogP contribution in [0, 0.1) is 0 Å². The molecule has 0 saturated carbocycles. The lowest BCUT2D eigenvalue weighted by atomic mass is 10.2. The van der Waals surface area contributed by atoms with Crippen LogP contribution in [0.2, 0.25) is 0 Å². The fourth-order valence-electron chi connectivity index (χ4n) is 1.44. The molecule has 0 radical (unpaired) electrons. The third kappa shape index (κ3) is 2.79. The van der Waals surface area contributed by atoms with Gasteiger partial charge in [-0.1, -0.05) is 6.92 Å². The number of nitrogens with zero attached hydrogens (tertiary/aromatic N) is 2. The van der Waals surface area contributed by atoms with Crippen molar-refractivity contribution in [2.45, 2.75) is 13.3 Å². The zero-order valence-corrected chi connectivity index (χ0v) is 11.1. The molecule has 0 aliphatic heterocycles. The Balaban J connectivity index is 2.30. The monoisotopic (exact) mass is 295 g/mol. The standard InChI is InChI=1S/C12H14BrN3O/c1-2-5-17-12-6-10(3-4-11(12)14)16-8-9(13)7-15-16/h3-4,6-8H,2,5,14H2,1H3. The van der Waals surface area contributed by atoms with Gasteiger partial charge in [-0.3, -0.25) is 0 Å². The number of nitrogen functional groups attached to an aromatic ring is 1. The van der Waals surface area contributed by atoms with Crippen molar-refractivity contribution in [2.75, 3.05) is 12.3 Å². The summed E-state index contributed by atoms with van der Waals surface area (Å²) in [6.45, 7) is 2.72. The summed E-state index contributed by atoms with van der Waals surface area (Å²) < 4.78 is 8.28. The van der Waals surface area contributed by atoms with Crippen LogP contribution in [0.25, 0.3) is 5.69 Å². The van der Waals surface area contributed by atoms with Crippen LogP contribution in [0.3, 0.4) is 0 Å². The molecule has 1 aromatic heterocycles. The van der Waals surface area contributed by atoms with Crippen molar-refractivity contribution in [3.8, 4) is 11.4 Å². The summed E-state index contributed by atoms with van der Waals surface area (Å²) in [4.78, 5) is 0. The van der Waals surface area contributed by atoms with Gasteiger partial charge < -0.3 is 10.5 Å². The van der Waals surface area contributed by atoms with E-state index in [-0.39, 0.29) is 0 Å². The predicted octanol–water partition coefficient (Wildman–Crippen LogP) is 3.01. The molecule has 0 saturated heterocycles. The molecule has 2 aromatic rings. The fraction of sp³-hybridized carbons (Fsp3) is 0.250. The average molecular weight is 296 g/mol. The highest BCUT2D eigenvalue weighted by molar-refractivity contribution is 9.10. The van der Waals surface area contributed by atoms with Crippen molar-refractivity contribution < 1.29 is 4.74 Å². The maximum Gasteiger partial charge on any atom is 0.144 e. The number of hydrogen-bond acceptors (Lipinski definition) is 3. The second-order valence-electron chi connectivity index (χ2n) is 3.67. The average Bonchev–Trinajstić information content (AvgIpc) is 2.75. The van der Waals surface area contributed by atoms with E-state index >= 15 is 0 Å². The van der Waals surface area contributed by atoms with E-state index in [1.807, 2.05) is 24.4 Å². The quantitative estimate of drug-likeness (QED) is 0.882. The maximum atomic E-state index is 5.85. The summed E-state index contributed by atoms with van der Waals surface area (Å²) in [7, 11) is 0. The van der Waals surface area contributed by atoms with Gasteiger partial charge in [-0.15, -0.1) is 0 Å². The lowest BCUT2D eigenvalue weighted by molar-refractivity contribution is 0.319. The topological polar surface area (TPSA) is 53.1 Å². The van der Waals surface area contributed by atoms with Gasteiger partial charge in [0, 0.05) is 12.3 Å². The normalized spacial score (nSPS) is 10.5. The Bertz CT molecular complexity index is 510. The van der Waals surface area contributed by atoms with Crippen molar-refractivity contribution in [1.82, 2.24) is 9.78 Å². The first-order valence-electron chi connectivity index (χ1n) is 5.43. The summed E-state index contributed by atoms with van der Waals surface area (Å²) in [5, 5.41) is 4.21. The van der Waals surface area contributed by atoms with Crippen LogP contribution >= 0.6 is 15.9 Å². The van der Waals surface area contributed by atoms with Crippen LogP contribution in [-0.2, 0) is 0 Å². The smallest absolute Gasteiger partial charge is 0.144 e. The molecule has 4 nitrogen and oxygen atoms in total. The van der Waals surface area contributed by atoms with E-state index in [0.717, 1.165) is 16.6 Å². The van der Waals surface area contributed by atoms with Gasteiger partial charge in [0.05, 0.1) is 28.7 Å². The predicted molar refractivity (Wildman–Crippen MR) is 71.5 cm³/mol. The Kier molecular flexibility index (Phi) is 3.68. The minimum absolute atomic E-state index is 0.647. The van der Waals surface area contributed by atoms with Gasteiger partial charge in [0.15, 0.2) is 0 Å². The number of rotatable bonds is 4. The minimum Gasteiger partial charge on any atom is -0.491 e. The zero-order chi connectivity index (χ0) is 12.3. The molecule has 0 atom stereocenters. The third-order valence-electron chi connectivity index (χ3n) is 2.27. The molecule has 0 aliphatic rings. The van der Waals surface area contributed by atoms with Crippen molar-refractivity contribution in [2.24, 2.45) is 0 Å². The highest BCUT2D eigenvalue weighted by atomic mass is 79.9. The molecule has 0 bridgehead atoms. The minimum atomic E-state index is 0.647. The van der Waals surface area contributed by atoms with Crippen molar-refractivity contribution in [3.63, 3.8) is 0 Å². The van der Waals surface area contributed by atoms with E-state index in [1.54, 1.807) is 10.9 Å².